The molecule has 10 heterocycles. The molecule has 16 nitrogen and oxygen atoms in total. The van der Waals surface area contributed by atoms with Gasteiger partial charge in [-0.3, -0.25) is 38.8 Å². The number of benzene rings is 3. The van der Waals surface area contributed by atoms with E-state index in [-0.39, 0.29) is 46.3 Å². The van der Waals surface area contributed by atoms with Gasteiger partial charge in [0.1, 0.15) is 35.5 Å². The second-order valence-corrected chi connectivity index (χ2v) is 22.4. The van der Waals surface area contributed by atoms with Crippen molar-refractivity contribution in [3.05, 3.63) is 82.4 Å². The summed E-state index contributed by atoms with van der Waals surface area (Å²) in [7, 11) is 1.75. The fourth-order valence-electron chi connectivity index (χ4n) is 14.2. The van der Waals surface area contributed by atoms with Crippen LogP contribution in [0.5, 0.6) is 6.01 Å². The minimum atomic E-state index is -0.694. The number of imidazole rings is 1. The molecule has 7 saturated heterocycles. The summed E-state index contributed by atoms with van der Waals surface area (Å²) in [6.45, 7) is 11.2. The van der Waals surface area contributed by atoms with E-state index in [4.69, 9.17) is 21.1 Å². The number of piperidine rings is 2. The number of fused-ring (bicyclic) bond motifs is 6. The zero-order valence-electron chi connectivity index (χ0n) is 42.6. The fourth-order valence-corrected chi connectivity index (χ4v) is 14.2. The summed E-state index contributed by atoms with van der Waals surface area (Å²) in [5, 5.41) is 7.75. The van der Waals surface area contributed by atoms with Gasteiger partial charge in [0.25, 0.3) is 0 Å². The maximum Gasteiger partial charge on any atom is 0.329 e. The molecule has 18 heteroatoms. The van der Waals surface area contributed by atoms with Crippen LogP contribution >= 0.6 is 0 Å². The number of nitrogens with zero attached hydrogens (tertiary/aromatic N) is 10. The topological polar surface area (TPSA) is 149 Å². The molecule has 75 heavy (non-hydrogen) atoms. The molecule has 0 spiro atoms. The lowest BCUT2D eigenvalue weighted by atomic mass is 9.95. The van der Waals surface area contributed by atoms with Gasteiger partial charge in [0.2, 0.25) is 11.8 Å². The second kappa shape index (κ2) is 19.2. The van der Waals surface area contributed by atoms with Crippen molar-refractivity contribution in [1.82, 2.24) is 49.4 Å². The lowest BCUT2D eigenvalue weighted by Crippen LogP contribution is -2.53. The number of halogens is 2. The highest BCUT2D eigenvalue weighted by Crippen LogP contribution is 2.44. The van der Waals surface area contributed by atoms with Gasteiger partial charge < -0.3 is 24.8 Å². The van der Waals surface area contributed by atoms with Crippen molar-refractivity contribution in [2.45, 2.75) is 93.9 Å². The van der Waals surface area contributed by atoms with Crippen LogP contribution in [0, 0.1) is 29.9 Å². The third-order valence-corrected chi connectivity index (χ3v) is 18.1. The molecule has 0 radical (unpaired) electrons. The standard InChI is InChI=1S/C57H64F2N12O4/c1-3-41-44(58)12-8-36-6-4-7-42(49(36)41)51-50(59)52-43(29-60-51)53(69-31-37-9-10-38(32-69)61-37)64-55(63-52)75-34-57-19-5-21-70(57)40(16-20-57)33-67-26-24-66(25-27-67)30-35-17-22-68(23-18-35)39-11-13-45-47(28-39)65(2)56(74)71(45)46-14-15-48(72)62-54(46)73/h1,4,6-8,11-13,28-29,35,37-38,40,46,61H,5,9-10,14-27,30-34H2,2H3,(H,62,72,73)/t37?,38?,40-,46?,57-/m0/s1. The summed E-state index contributed by atoms with van der Waals surface area (Å²) in [6, 6.07) is 15.0. The van der Waals surface area contributed by atoms with E-state index in [1.54, 1.807) is 40.6 Å². The maximum absolute atomic E-state index is 17.2. The van der Waals surface area contributed by atoms with Crippen LogP contribution in [-0.4, -0.2) is 153 Å². The number of carbonyl (C=O) groups is 2. The van der Waals surface area contributed by atoms with Gasteiger partial charge in [0.15, 0.2) is 5.82 Å². The number of anilines is 2. The Morgan fingerprint density at radius 1 is 0.840 bits per heavy atom. The smallest absolute Gasteiger partial charge is 0.329 e. The molecule has 2 bridgehead atoms. The summed E-state index contributed by atoms with van der Waals surface area (Å²) in [4.78, 5) is 65.1. The average molecular weight is 1020 g/mol. The van der Waals surface area contributed by atoms with Gasteiger partial charge in [0.05, 0.1) is 27.5 Å². The Hall–Kier alpha value is -6.52. The molecule has 390 valence electrons. The van der Waals surface area contributed by atoms with Crippen molar-refractivity contribution >= 4 is 56.0 Å². The Kier molecular flexibility index (Phi) is 12.4. The quantitative estimate of drug-likeness (QED) is 0.123. The molecule has 13 rings (SSSR count). The first-order valence-electron chi connectivity index (χ1n) is 27.2. The zero-order valence-corrected chi connectivity index (χ0v) is 42.6. The van der Waals surface area contributed by atoms with Gasteiger partial charge in [-0.2, -0.15) is 9.97 Å². The first-order chi connectivity index (χ1) is 36.5. The number of hydrogen-bond donors (Lipinski definition) is 2. The Morgan fingerprint density at radius 3 is 2.40 bits per heavy atom. The molecular formula is C57H64F2N12O4. The number of amides is 2. The van der Waals surface area contributed by atoms with Crippen molar-refractivity contribution in [1.29, 1.82) is 0 Å². The highest BCUT2D eigenvalue weighted by Gasteiger charge is 2.50. The molecule has 2 amide bonds. The number of aryl methyl sites for hydroxylation is 1. The number of pyridine rings is 1. The summed E-state index contributed by atoms with van der Waals surface area (Å²) < 4.78 is 42.2. The molecule has 3 unspecified atom stereocenters. The van der Waals surface area contributed by atoms with E-state index < -0.39 is 23.6 Å². The van der Waals surface area contributed by atoms with Crippen LogP contribution in [0.2, 0.25) is 0 Å². The van der Waals surface area contributed by atoms with E-state index in [1.807, 2.05) is 12.1 Å². The minimum absolute atomic E-state index is 0.0532. The van der Waals surface area contributed by atoms with Crippen LogP contribution in [0.15, 0.2) is 59.5 Å². The highest BCUT2D eigenvalue weighted by atomic mass is 19.1. The summed E-state index contributed by atoms with van der Waals surface area (Å²) in [6.07, 6.45) is 16.6. The van der Waals surface area contributed by atoms with Crippen molar-refractivity contribution in [3.63, 3.8) is 0 Å². The molecule has 7 fully saturated rings. The van der Waals surface area contributed by atoms with Crippen LogP contribution in [0.4, 0.5) is 20.3 Å². The van der Waals surface area contributed by atoms with Crippen LogP contribution < -0.4 is 30.9 Å². The first kappa shape index (κ1) is 48.1. The molecule has 3 aromatic heterocycles. The van der Waals surface area contributed by atoms with Gasteiger partial charge in [-0.1, -0.05) is 30.2 Å². The number of imide groups is 1. The van der Waals surface area contributed by atoms with Crippen molar-refractivity contribution in [3.8, 4) is 29.6 Å². The first-order valence-corrected chi connectivity index (χ1v) is 27.2. The summed E-state index contributed by atoms with van der Waals surface area (Å²) >= 11 is 0. The molecule has 0 aliphatic carbocycles. The Morgan fingerprint density at radius 2 is 1.63 bits per heavy atom. The number of ether oxygens (including phenoxy) is 1. The van der Waals surface area contributed by atoms with Crippen molar-refractivity contribution in [2.75, 3.05) is 88.4 Å². The van der Waals surface area contributed by atoms with Crippen LogP contribution in [0.3, 0.4) is 0 Å². The Balaban J connectivity index is 0.650. The lowest BCUT2D eigenvalue weighted by Gasteiger charge is -2.41. The van der Waals surface area contributed by atoms with E-state index in [2.05, 4.69) is 58.2 Å². The normalized spacial score (nSPS) is 25.9. The van der Waals surface area contributed by atoms with Gasteiger partial charge in [-0.15, -0.1) is 6.42 Å². The van der Waals surface area contributed by atoms with Crippen LogP contribution in [0.25, 0.3) is 44.0 Å². The van der Waals surface area contributed by atoms with Gasteiger partial charge in [0, 0.05) is 120 Å². The number of hydrogen-bond acceptors (Lipinski definition) is 13. The van der Waals surface area contributed by atoms with Gasteiger partial charge in [-0.25, -0.2) is 13.6 Å². The zero-order chi connectivity index (χ0) is 51.1. The SMILES string of the molecule is C#Cc1c(F)ccc2cccc(-c3ncc4c(N5CC6CCC(C5)N6)nc(OC[C@@]56CCCN5[C@H](CN5CCN(CC7CCN(c8ccc9c(c8)n(C)c(=O)n9C8CCC(=O)NC8=O)CC7)CC5)CC6)nc4c3F)c12. The largest absolute Gasteiger partial charge is 0.461 e. The predicted molar refractivity (Wildman–Crippen MR) is 284 cm³/mol. The van der Waals surface area contributed by atoms with Gasteiger partial charge in [-0.05, 0) is 99.9 Å². The number of terminal acetylenes is 1. The number of carbonyl (C=O) groups excluding carboxylic acids is 2. The molecule has 6 aromatic rings. The van der Waals surface area contributed by atoms with E-state index in [1.165, 1.54) is 6.07 Å². The minimum Gasteiger partial charge on any atom is -0.461 e. The van der Waals surface area contributed by atoms with Crippen LogP contribution in [-0.2, 0) is 16.6 Å². The molecule has 7 aliphatic heterocycles. The van der Waals surface area contributed by atoms with E-state index >= 15 is 8.78 Å². The maximum atomic E-state index is 17.2. The second-order valence-electron chi connectivity index (χ2n) is 22.4. The molecule has 2 N–H and O–H groups in total. The number of aromatic nitrogens is 5. The molecular weight excluding hydrogens is 955 g/mol. The number of rotatable bonds is 11. The summed E-state index contributed by atoms with van der Waals surface area (Å²) in [5.74, 6) is 1.86. The molecule has 3 aromatic carbocycles. The molecule has 0 saturated carbocycles. The molecule has 5 atom stereocenters. The van der Waals surface area contributed by atoms with E-state index in [9.17, 15) is 14.4 Å². The highest BCUT2D eigenvalue weighted by molar-refractivity contribution is 6.02. The summed E-state index contributed by atoms with van der Waals surface area (Å²) in [5.41, 5.74) is 2.85. The number of piperazine rings is 2. The van der Waals surface area contributed by atoms with Crippen molar-refractivity contribution < 1.29 is 23.1 Å². The van der Waals surface area contributed by atoms with Gasteiger partial charge >= 0.3 is 11.7 Å². The van der Waals surface area contributed by atoms with Crippen LogP contribution in [0.1, 0.15) is 75.8 Å². The monoisotopic (exact) mass is 1020 g/mol. The predicted octanol–water partition coefficient (Wildman–Crippen LogP) is 5.59. The molecule has 7 aliphatic rings. The third-order valence-electron chi connectivity index (χ3n) is 18.1. The fraction of sp³-hybridized carbons (Fsp3) is 0.509. The van der Waals surface area contributed by atoms with Crippen molar-refractivity contribution in [2.24, 2.45) is 13.0 Å². The Labute approximate surface area is 434 Å². The van der Waals surface area contributed by atoms with E-state index in [0.717, 1.165) is 135 Å². The number of nitrogens with one attached hydrogen (secondary N) is 2. The lowest BCUT2D eigenvalue weighted by molar-refractivity contribution is -0.135. The van der Waals surface area contributed by atoms with E-state index in [0.29, 0.717) is 70.1 Å². The Bertz CT molecular complexity index is 3350. The third kappa shape index (κ3) is 8.59. The average Bonchev–Trinajstić information content (AvgIpc) is 4.17.